The Bertz CT molecular complexity index is 737. The fraction of sp³-hybridized carbons (Fsp3) is 0.391. The van der Waals surface area contributed by atoms with Crippen molar-refractivity contribution in [1.29, 1.82) is 5.41 Å². The summed E-state index contributed by atoms with van der Waals surface area (Å²) in [5, 5.41) is 7.36. The maximum atomic E-state index is 12.5. The molecule has 0 bridgehead atoms. The minimum absolute atomic E-state index is 0.230. The van der Waals surface area contributed by atoms with Crippen molar-refractivity contribution in [2.75, 3.05) is 24.5 Å². The molecule has 0 aliphatic carbocycles. The molecule has 0 unspecified atom stereocenters. The molecule has 0 saturated carbocycles. The van der Waals surface area contributed by atoms with Crippen LogP contribution in [0.5, 0.6) is 0 Å². The van der Waals surface area contributed by atoms with E-state index in [0.29, 0.717) is 12.5 Å². The standard InChI is InChI=1S/C22H28N2O.CHNS/c1-2-22(25)24(20-11-7-4-8-12-20)21-14-17-23(18-15-21)16-13-19-9-5-3-6-10-19;2-1-3/h3-12,21H,2,13-18H2,1H3;2H. The minimum atomic E-state index is 0.230. The predicted molar refractivity (Wildman–Crippen MR) is 119 cm³/mol. The van der Waals surface area contributed by atoms with Crippen molar-refractivity contribution in [1.82, 2.24) is 4.90 Å². The summed E-state index contributed by atoms with van der Waals surface area (Å²) in [7, 11) is 0. The van der Waals surface area contributed by atoms with Crippen LogP contribution >= 0.6 is 12.2 Å². The molecule has 1 aliphatic heterocycles. The number of nitrogens with zero attached hydrogens (tertiary/aromatic N) is 2. The van der Waals surface area contributed by atoms with Crippen LogP contribution in [0.2, 0.25) is 0 Å². The Morgan fingerprint density at radius 3 is 2.18 bits per heavy atom. The summed E-state index contributed by atoms with van der Waals surface area (Å²) in [5.74, 6) is 0.230. The highest BCUT2D eigenvalue weighted by molar-refractivity contribution is 7.78. The van der Waals surface area contributed by atoms with Crippen molar-refractivity contribution in [3.63, 3.8) is 0 Å². The minimum Gasteiger partial charge on any atom is -0.309 e. The zero-order chi connectivity index (χ0) is 20.2. The smallest absolute Gasteiger partial charge is 0.226 e. The molecule has 4 nitrogen and oxygen atoms in total. The van der Waals surface area contributed by atoms with E-state index in [0.717, 1.165) is 44.6 Å². The van der Waals surface area contributed by atoms with Gasteiger partial charge in [0.2, 0.25) is 5.91 Å². The first kappa shape index (κ1) is 22.0. The van der Waals surface area contributed by atoms with Gasteiger partial charge >= 0.3 is 0 Å². The van der Waals surface area contributed by atoms with Crippen molar-refractivity contribution in [2.45, 2.75) is 38.6 Å². The number of carbonyl (C=O) groups excluding carboxylic acids is 1. The zero-order valence-electron chi connectivity index (χ0n) is 16.5. The number of piperidine rings is 1. The van der Waals surface area contributed by atoms with Gasteiger partial charge in [0.15, 0.2) is 0 Å². The fourth-order valence-electron chi connectivity index (χ4n) is 3.65. The summed E-state index contributed by atoms with van der Waals surface area (Å²) in [4.78, 5) is 17.1. The Labute approximate surface area is 173 Å². The van der Waals surface area contributed by atoms with Crippen LogP contribution in [0.1, 0.15) is 31.7 Å². The fourth-order valence-corrected chi connectivity index (χ4v) is 3.65. The van der Waals surface area contributed by atoms with Crippen molar-refractivity contribution < 1.29 is 4.79 Å². The summed E-state index contributed by atoms with van der Waals surface area (Å²) in [5.41, 5.74) is 2.44. The highest BCUT2D eigenvalue weighted by Crippen LogP contribution is 2.24. The number of nitrogens with one attached hydrogen (secondary N) is 1. The van der Waals surface area contributed by atoms with Crippen LogP contribution in [0, 0.1) is 5.41 Å². The molecule has 1 heterocycles. The van der Waals surface area contributed by atoms with E-state index in [1.807, 2.05) is 30.0 Å². The summed E-state index contributed by atoms with van der Waals surface area (Å²) < 4.78 is 0. The maximum Gasteiger partial charge on any atom is 0.226 e. The van der Waals surface area contributed by atoms with Gasteiger partial charge in [-0.3, -0.25) is 4.79 Å². The summed E-state index contributed by atoms with van der Waals surface area (Å²) in [6.45, 7) is 5.19. The van der Waals surface area contributed by atoms with Gasteiger partial charge in [0.05, 0.1) is 5.16 Å². The number of benzene rings is 2. The van der Waals surface area contributed by atoms with Crippen LogP contribution in [0.3, 0.4) is 0 Å². The quantitative estimate of drug-likeness (QED) is 0.564. The zero-order valence-corrected chi connectivity index (χ0v) is 17.3. The van der Waals surface area contributed by atoms with Crippen LogP contribution < -0.4 is 4.90 Å². The molecule has 2 aromatic rings. The Morgan fingerprint density at radius 2 is 1.64 bits per heavy atom. The SMILES string of the molecule is CCC(=O)N(c1ccccc1)C1CCN(CCc2ccccc2)CC1.N=C=S. The average molecular weight is 396 g/mol. The van der Waals surface area contributed by atoms with E-state index < -0.39 is 0 Å². The summed E-state index contributed by atoms with van der Waals surface area (Å²) in [6.07, 6.45) is 3.76. The number of likely N-dealkylation sites (tertiary alicyclic amines) is 1. The monoisotopic (exact) mass is 395 g/mol. The van der Waals surface area contributed by atoms with Crippen molar-refractivity contribution in [2.24, 2.45) is 0 Å². The highest BCUT2D eigenvalue weighted by Gasteiger charge is 2.28. The van der Waals surface area contributed by atoms with Gasteiger partial charge in [0.25, 0.3) is 0 Å². The van der Waals surface area contributed by atoms with Crippen LogP contribution in [0.25, 0.3) is 0 Å². The molecule has 1 amide bonds. The molecule has 1 saturated heterocycles. The maximum absolute atomic E-state index is 12.5. The van der Waals surface area contributed by atoms with E-state index >= 15 is 0 Å². The second-order valence-electron chi connectivity index (χ2n) is 6.86. The number of isothiocyanates is 1. The molecule has 1 fully saturated rings. The number of rotatable bonds is 6. The first-order chi connectivity index (χ1) is 13.7. The summed E-state index contributed by atoms with van der Waals surface area (Å²) >= 11 is 3.81. The summed E-state index contributed by atoms with van der Waals surface area (Å²) in [6, 6.07) is 21.1. The Balaban J connectivity index is 0.000000878. The van der Waals surface area contributed by atoms with Gasteiger partial charge in [0.1, 0.15) is 0 Å². The van der Waals surface area contributed by atoms with Gasteiger partial charge in [-0.15, -0.1) is 0 Å². The van der Waals surface area contributed by atoms with Crippen molar-refractivity contribution in [3.8, 4) is 0 Å². The van der Waals surface area contributed by atoms with Crippen molar-refractivity contribution in [3.05, 3.63) is 66.2 Å². The van der Waals surface area contributed by atoms with Crippen LogP contribution in [-0.4, -0.2) is 41.6 Å². The van der Waals surface area contributed by atoms with Gasteiger partial charge in [0, 0.05) is 37.8 Å². The molecule has 0 atom stereocenters. The normalized spacial score (nSPS) is 14.5. The van der Waals surface area contributed by atoms with Crippen molar-refractivity contribution >= 4 is 29.0 Å². The Hall–Kier alpha value is -2.33. The lowest BCUT2D eigenvalue weighted by Gasteiger charge is -2.38. The van der Waals surface area contributed by atoms with Crippen LogP contribution in [0.4, 0.5) is 5.69 Å². The predicted octanol–water partition coefficient (Wildman–Crippen LogP) is 4.80. The van der Waals surface area contributed by atoms with Crippen LogP contribution in [0.15, 0.2) is 60.7 Å². The molecule has 0 radical (unpaired) electrons. The number of carbonyl (C=O) groups is 1. The lowest BCUT2D eigenvalue weighted by atomic mass is 10.0. The van der Waals surface area contributed by atoms with Gasteiger partial charge < -0.3 is 9.80 Å². The number of amides is 1. The molecule has 1 N–H and O–H groups in total. The second kappa shape index (κ2) is 12.2. The van der Waals surface area contributed by atoms with E-state index in [9.17, 15) is 4.79 Å². The van der Waals surface area contributed by atoms with E-state index in [-0.39, 0.29) is 5.91 Å². The number of para-hydroxylation sites is 1. The largest absolute Gasteiger partial charge is 0.309 e. The lowest BCUT2D eigenvalue weighted by molar-refractivity contribution is -0.119. The van der Waals surface area contributed by atoms with Gasteiger partial charge in [-0.05, 0) is 49.2 Å². The van der Waals surface area contributed by atoms with Gasteiger partial charge in [-0.2, -0.15) is 0 Å². The molecule has 0 aromatic heterocycles. The van der Waals surface area contributed by atoms with E-state index in [1.54, 1.807) is 5.16 Å². The van der Waals surface area contributed by atoms with Gasteiger partial charge in [-0.25, -0.2) is 5.41 Å². The van der Waals surface area contributed by atoms with Gasteiger partial charge in [-0.1, -0.05) is 55.5 Å². The number of hydrogen-bond donors (Lipinski definition) is 1. The first-order valence-corrected chi connectivity index (χ1v) is 10.3. The molecule has 0 spiro atoms. The number of hydrogen-bond acceptors (Lipinski definition) is 4. The third-order valence-corrected chi connectivity index (χ3v) is 5.09. The Kier molecular flexibility index (Phi) is 9.56. The average Bonchev–Trinajstić information content (AvgIpc) is 2.75. The molecule has 1 aliphatic rings. The molecule has 5 heteroatoms. The molecular weight excluding hydrogens is 366 g/mol. The first-order valence-electron chi connectivity index (χ1n) is 9.86. The highest BCUT2D eigenvalue weighted by atomic mass is 32.1. The molecule has 148 valence electrons. The van der Waals surface area contributed by atoms with E-state index in [1.165, 1.54) is 5.56 Å². The Morgan fingerprint density at radius 1 is 1.11 bits per heavy atom. The molecule has 28 heavy (non-hydrogen) atoms. The lowest BCUT2D eigenvalue weighted by Crippen LogP contribution is -2.47. The number of thiocarbonyl (C=S) groups is 1. The second-order valence-corrected chi connectivity index (χ2v) is 7.07. The topological polar surface area (TPSA) is 47.4 Å². The van der Waals surface area contributed by atoms with E-state index in [2.05, 4.69) is 59.6 Å². The molecule has 3 rings (SSSR count). The molecular formula is C23H29N3OS. The third kappa shape index (κ3) is 6.68. The molecule has 2 aromatic carbocycles. The van der Waals surface area contributed by atoms with E-state index in [4.69, 9.17) is 5.41 Å². The van der Waals surface area contributed by atoms with Crippen LogP contribution in [-0.2, 0) is 11.2 Å². The third-order valence-electron chi connectivity index (χ3n) is 5.09. The number of anilines is 1.